The van der Waals surface area contributed by atoms with E-state index in [1.54, 1.807) is 0 Å². The van der Waals surface area contributed by atoms with Crippen LogP contribution < -0.4 is 5.73 Å². The summed E-state index contributed by atoms with van der Waals surface area (Å²) >= 11 is 0. The predicted molar refractivity (Wildman–Crippen MR) is 62.8 cm³/mol. The topological polar surface area (TPSA) is 39.2 Å². The third kappa shape index (κ3) is 2.05. The largest absolute Gasteiger partial charge is 0.459 e. The Balaban J connectivity index is 2.38. The molecule has 0 aliphatic carbocycles. The fourth-order valence-corrected chi connectivity index (χ4v) is 1.82. The summed E-state index contributed by atoms with van der Waals surface area (Å²) in [6.45, 7) is 4.21. The van der Waals surface area contributed by atoms with Gasteiger partial charge in [-0.25, -0.2) is 0 Å². The fourth-order valence-electron chi connectivity index (χ4n) is 1.82. The minimum absolute atomic E-state index is 0.0303. The molecule has 0 aliphatic rings. The molecule has 0 radical (unpaired) electrons. The molecule has 0 bridgehead atoms. The molecule has 1 atom stereocenters. The second kappa shape index (κ2) is 4.07. The van der Waals surface area contributed by atoms with Crippen LogP contribution in [0.2, 0.25) is 0 Å². The summed E-state index contributed by atoms with van der Waals surface area (Å²) in [5.74, 6) is 0.900. The van der Waals surface area contributed by atoms with Crippen LogP contribution in [0.5, 0.6) is 0 Å². The minimum atomic E-state index is 0.0303. The summed E-state index contributed by atoms with van der Waals surface area (Å²) < 4.78 is 5.71. The first-order chi connectivity index (χ1) is 7.20. The molecule has 2 nitrogen and oxygen atoms in total. The summed E-state index contributed by atoms with van der Waals surface area (Å²) in [4.78, 5) is 0. The van der Waals surface area contributed by atoms with Gasteiger partial charge in [0.25, 0.3) is 0 Å². The molecule has 80 valence electrons. The Kier molecular flexibility index (Phi) is 2.78. The lowest BCUT2D eigenvalue weighted by Crippen LogP contribution is -2.08. The Morgan fingerprint density at radius 3 is 2.87 bits per heavy atom. The number of fused-ring (bicyclic) bond motifs is 1. The molecule has 0 aliphatic heterocycles. The first-order valence-electron chi connectivity index (χ1n) is 5.46. The number of hydrogen-bond acceptors (Lipinski definition) is 2. The van der Waals surface area contributed by atoms with Crippen molar-refractivity contribution in [3.8, 4) is 0 Å². The number of aryl methyl sites for hydroxylation is 1. The van der Waals surface area contributed by atoms with Crippen molar-refractivity contribution >= 4 is 11.0 Å². The molecule has 0 saturated heterocycles. The lowest BCUT2D eigenvalue weighted by atomic mass is 10.1. The van der Waals surface area contributed by atoms with E-state index in [-0.39, 0.29) is 6.04 Å². The Bertz CT molecular complexity index is 459. The molecule has 2 heteroatoms. The predicted octanol–water partition coefficient (Wildman–Crippen LogP) is 3.54. The number of rotatable bonds is 3. The maximum atomic E-state index is 6.01. The first-order valence-corrected chi connectivity index (χ1v) is 5.46. The third-order valence-electron chi connectivity index (χ3n) is 2.66. The van der Waals surface area contributed by atoms with Crippen molar-refractivity contribution in [3.63, 3.8) is 0 Å². The molecular weight excluding hydrogens is 186 g/mol. The number of nitrogens with two attached hydrogens (primary N) is 1. The molecule has 2 aromatic rings. The van der Waals surface area contributed by atoms with Gasteiger partial charge in [-0.05, 0) is 31.5 Å². The van der Waals surface area contributed by atoms with Gasteiger partial charge in [-0.1, -0.05) is 25.0 Å². The van der Waals surface area contributed by atoms with Crippen LogP contribution in [-0.4, -0.2) is 0 Å². The third-order valence-corrected chi connectivity index (χ3v) is 2.66. The van der Waals surface area contributed by atoms with Crippen LogP contribution in [0.1, 0.15) is 37.1 Å². The van der Waals surface area contributed by atoms with Gasteiger partial charge >= 0.3 is 0 Å². The van der Waals surface area contributed by atoms with Gasteiger partial charge in [0, 0.05) is 5.39 Å². The molecule has 1 aromatic carbocycles. The lowest BCUT2D eigenvalue weighted by Gasteiger charge is -2.04. The van der Waals surface area contributed by atoms with E-state index in [0.29, 0.717) is 0 Å². The van der Waals surface area contributed by atoms with Crippen LogP contribution in [0.4, 0.5) is 0 Å². The fraction of sp³-hybridized carbons (Fsp3) is 0.385. The standard InChI is InChI=1S/C13H17NO/c1-3-4-11(14)13-8-10-7-9(2)5-6-12(10)15-13/h5-8,11H,3-4,14H2,1-2H3/t11-/m0/s1. The summed E-state index contributed by atoms with van der Waals surface area (Å²) in [6.07, 6.45) is 2.05. The first kappa shape index (κ1) is 10.2. The van der Waals surface area contributed by atoms with E-state index in [9.17, 15) is 0 Å². The molecule has 0 unspecified atom stereocenters. The highest BCUT2D eigenvalue weighted by atomic mass is 16.3. The molecule has 1 aromatic heterocycles. The van der Waals surface area contributed by atoms with Crippen molar-refractivity contribution in [1.29, 1.82) is 0 Å². The van der Waals surface area contributed by atoms with Crippen LogP contribution in [0.15, 0.2) is 28.7 Å². The van der Waals surface area contributed by atoms with Crippen molar-refractivity contribution in [2.24, 2.45) is 5.73 Å². The van der Waals surface area contributed by atoms with Gasteiger partial charge in [-0.3, -0.25) is 0 Å². The smallest absolute Gasteiger partial charge is 0.134 e. The van der Waals surface area contributed by atoms with Crippen molar-refractivity contribution < 1.29 is 4.42 Å². The highest BCUT2D eigenvalue weighted by Gasteiger charge is 2.10. The molecular formula is C13H17NO. The molecule has 0 spiro atoms. The quantitative estimate of drug-likeness (QED) is 0.828. The molecule has 0 saturated carbocycles. The number of benzene rings is 1. The van der Waals surface area contributed by atoms with Crippen LogP contribution in [0.3, 0.4) is 0 Å². The monoisotopic (exact) mass is 203 g/mol. The van der Waals surface area contributed by atoms with Crippen molar-refractivity contribution in [3.05, 3.63) is 35.6 Å². The van der Waals surface area contributed by atoms with E-state index in [1.165, 1.54) is 5.56 Å². The highest BCUT2D eigenvalue weighted by molar-refractivity contribution is 5.78. The van der Waals surface area contributed by atoms with Gasteiger partial charge in [0.2, 0.25) is 0 Å². The molecule has 0 fully saturated rings. The Morgan fingerprint density at radius 1 is 1.33 bits per heavy atom. The van der Waals surface area contributed by atoms with Gasteiger partial charge in [0.15, 0.2) is 0 Å². The summed E-state index contributed by atoms with van der Waals surface area (Å²) in [6, 6.07) is 8.28. The second-order valence-corrected chi connectivity index (χ2v) is 4.09. The van der Waals surface area contributed by atoms with Gasteiger partial charge in [0.1, 0.15) is 11.3 Å². The zero-order valence-corrected chi connectivity index (χ0v) is 9.29. The molecule has 1 heterocycles. The second-order valence-electron chi connectivity index (χ2n) is 4.09. The van der Waals surface area contributed by atoms with Crippen molar-refractivity contribution in [2.75, 3.05) is 0 Å². The Morgan fingerprint density at radius 2 is 2.13 bits per heavy atom. The van der Waals surface area contributed by atoms with Crippen LogP contribution in [-0.2, 0) is 0 Å². The average molecular weight is 203 g/mol. The van der Waals surface area contributed by atoms with Crippen molar-refractivity contribution in [1.82, 2.24) is 0 Å². The zero-order valence-electron chi connectivity index (χ0n) is 9.29. The maximum Gasteiger partial charge on any atom is 0.134 e. The van der Waals surface area contributed by atoms with E-state index >= 15 is 0 Å². The minimum Gasteiger partial charge on any atom is -0.459 e. The summed E-state index contributed by atoms with van der Waals surface area (Å²) in [5, 5.41) is 1.15. The SMILES string of the molecule is CCC[C@H](N)c1cc2cc(C)ccc2o1. The van der Waals surface area contributed by atoms with Crippen LogP contribution in [0, 0.1) is 6.92 Å². The van der Waals surface area contributed by atoms with E-state index in [1.807, 2.05) is 6.07 Å². The summed E-state index contributed by atoms with van der Waals surface area (Å²) in [7, 11) is 0. The number of hydrogen-bond donors (Lipinski definition) is 1. The van der Waals surface area contributed by atoms with E-state index in [2.05, 4.69) is 32.0 Å². The van der Waals surface area contributed by atoms with Crippen LogP contribution in [0.25, 0.3) is 11.0 Å². The molecule has 15 heavy (non-hydrogen) atoms. The van der Waals surface area contributed by atoms with Crippen LogP contribution >= 0.6 is 0 Å². The van der Waals surface area contributed by atoms with Crippen molar-refractivity contribution in [2.45, 2.75) is 32.7 Å². The van der Waals surface area contributed by atoms with Gasteiger partial charge in [0.05, 0.1) is 6.04 Å². The molecule has 2 N–H and O–H groups in total. The van der Waals surface area contributed by atoms with E-state index in [4.69, 9.17) is 10.2 Å². The van der Waals surface area contributed by atoms with Gasteiger partial charge < -0.3 is 10.2 Å². The Hall–Kier alpha value is -1.28. The Labute approximate surface area is 90.1 Å². The average Bonchev–Trinajstić information content (AvgIpc) is 2.60. The van der Waals surface area contributed by atoms with E-state index in [0.717, 1.165) is 29.6 Å². The maximum absolute atomic E-state index is 6.01. The highest BCUT2D eigenvalue weighted by Crippen LogP contribution is 2.25. The number of furan rings is 1. The lowest BCUT2D eigenvalue weighted by molar-refractivity contribution is 0.475. The van der Waals surface area contributed by atoms with E-state index < -0.39 is 0 Å². The summed E-state index contributed by atoms with van der Waals surface area (Å²) in [5.41, 5.74) is 8.20. The normalized spacial score (nSPS) is 13.3. The molecule has 0 amide bonds. The van der Waals surface area contributed by atoms with Gasteiger partial charge in [-0.2, -0.15) is 0 Å². The molecule has 2 rings (SSSR count). The zero-order chi connectivity index (χ0) is 10.8. The van der Waals surface area contributed by atoms with Gasteiger partial charge in [-0.15, -0.1) is 0 Å².